The van der Waals surface area contributed by atoms with E-state index in [1.807, 2.05) is 13.0 Å². The van der Waals surface area contributed by atoms with Gasteiger partial charge in [0, 0.05) is 27.9 Å². The van der Waals surface area contributed by atoms with Gasteiger partial charge in [0.15, 0.2) is 0 Å². The van der Waals surface area contributed by atoms with Crippen molar-refractivity contribution in [2.75, 3.05) is 7.05 Å². The van der Waals surface area contributed by atoms with E-state index in [9.17, 15) is 4.79 Å². The molecule has 25 heavy (non-hydrogen) atoms. The zero-order valence-electron chi connectivity index (χ0n) is 15.6. The molecule has 1 N–H and O–H groups in total. The Morgan fingerprint density at radius 1 is 1.36 bits per heavy atom. The summed E-state index contributed by atoms with van der Waals surface area (Å²) in [5.74, 6) is 0.00213. The third-order valence-electron chi connectivity index (χ3n) is 4.25. The fraction of sp³-hybridized carbons (Fsp3) is 0.286. The van der Waals surface area contributed by atoms with Gasteiger partial charge in [-0.2, -0.15) is 0 Å². The highest BCUT2D eigenvalue weighted by molar-refractivity contribution is 8.03. The molecule has 0 atom stereocenters. The van der Waals surface area contributed by atoms with Crippen molar-refractivity contribution in [2.24, 2.45) is 0 Å². The minimum absolute atomic E-state index is 0.00213. The summed E-state index contributed by atoms with van der Waals surface area (Å²) in [6.07, 6.45) is 6.09. The van der Waals surface area contributed by atoms with Gasteiger partial charge in [-0.3, -0.25) is 4.79 Å². The molecule has 1 aromatic heterocycles. The Morgan fingerprint density at radius 2 is 2.08 bits per heavy atom. The van der Waals surface area contributed by atoms with Crippen LogP contribution in [0.5, 0.6) is 0 Å². The number of amides is 1. The Balaban J connectivity index is 2.60. The Hall–Kier alpha value is -2.20. The molecule has 4 heteroatoms. The topological polar surface area (TPSA) is 34.0 Å². The first kappa shape index (κ1) is 19.1. The number of aryl methyl sites for hydroxylation is 1. The number of nitrogens with one attached hydrogen (secondary N) is 1. The predicted octanol–water partition coefficient (Wildman–Crippen LogP) is 5.13. The Kier molecular flexibility index (Phi) is 6.32. The van der Waals surface area contributed by atoms with Crippen LogP contribution in [-0.4, -0.2) is 17.5 Å². The van der Waals surface area contributed by atoms with Gasteiger partial charge in [0.25, 0.3) is 0 Å². The molecule has 0 aliphatic heterocycles. The average Bonchev–Trinajstić information content (AvgIpc) is 2.85. The van der Waals surface area contributed by atoms with Gasteiger partial charge < -0.3 is 9.88 Å². The molecule has 2 rings (SSSR count). The van der Waals surface area contributed by atoms with Crippen LogP contribution in [0.3, 0.4) is 0 Å². The number of likely N-dealkylation sites (N-methyl/N-ethyl adjacent to an activating group) is 1. The number of carbonyl (C=O) groups excluding carboxylic acids is 1. The van der Waals surface area contributed by atoms with E-state index in [-0.39, 0.29) is 5.91 Å². The normalized spacial score (nSPS) is 12.5. The predicted molar refractivity (Wildman–Crippen MR) is 109 cm³/mol. The Morgan fingerprint density at radius 3 is 2.68 bits per heavy atom. The molecule has 1 aromatic carbocycles. The van der Waals surface area contributed by atoms with Crippen molar-refractivity contribution in [1.82, 2.24) is 9.88 Å². The lowest BCUT2D eigenvalue weighted by Crippen LogP contribution is -2.23. The van der Waals surface area contributed by atoms with Gasteiger partial charge in [-0.1, -0.05) is 48.2 Å². The molecule has 0 aliphatic carbocycles. The summed E-state index contributed by atoms with van der Waals surface area (Å²) in [5, 5.41) is 3.88. The first-order chi connectivity index (χ1) is 11.9. The van der Waals surface area contributed by atoms with E-state index in [1.165, 1.54) is 21.4 Å². The number of carbonyl (C=O) groups is 1. The van der Waals surface area contributed by atoms with E-state index in [0.717, 1.165) is 16.1 Å². The van der Waals surface area contributed by atoms with Crippen molar-refractivity contribution in [3.8, 4) is 0 Å². The number of fused-ring (bicyclic) bond motifs is 1. The molecule has 1 heterocycles. The molecule has 1 amide bonds. The fourth-order valence-corrected chi connectivity index (χ4v) is 3.77. The minimum Gasteiger partial charge on any atom is -0.358 e. The quantitative estimate of drug-likeness (QED) is 0.576. The summed E-state index contributed by atoms with van der Waals surface area (Å²) in [6.45, 7) is 12.5. The summed E-state index contributed by atoms with van der Waals surface area (Å²) < 4.78 is 2.09. The third kappa shape index (κ3) is 4.26. The molecule has 0 unspecified atom stereocenters. The zero-order chi connectivity index (χ0) is 18.6. The third-order valence-corrected chi connectivity index (χ3v) is 5.49. The monoisotopic (exact) mass is 354 g/mol. The van der Waals surface area contributed by atoms with E-state index in [4.69, 9.17) is 0 Å². The molecule has 2 aromatic rings. The molecule has 0 aliphatic rings. The standard InChI is InChI=1S/C21H26N2OS/c1-7-14(3)11-17(8-2)25-21-16(5)23(13-20(24)22-6)19-12-15(4)9-10-18(19)21/h7-12H,2,13H2,1,3-6H3,(H,22,24)/b14-7-,17-11+. The molecule has 0 spiro atoms. The van der Waals surface area contributed by atoms with Gasteiger partial charge in [0.05, 0.1) is 5.52 Å². The highest BCUT2D eigenvalue weighted by Crippen LogP contribution is 2.39. The van der Waals surface area contributed by atoms with E-state index in [2.05, 4.69) is 67.6 Å². The van der Waals surface area contributed by atoms with Crippen LogP contribution in [0.25, 0.3) is 10.9 Å². The van der Waals surface area contributed by atoms with E-state index >= 15 is 0 Å². The number of hydrogen-bond acceptors (Lipinski definition) is 2. The van der Waals surface area contributed by atoms with Crippen LogP contribution in [0.4, 0.5) is 0 Å². The minimum atomic E-state index is 0.00213. The molecule has 132 valence electrons. The van der Waals surface area contributed by atoms with Crippen LogP contribution in [-0.2, 0) is 11.3 Å². The second-order valence-corrected chi connectivity index (χ2v) is 7.16. The van der Waals surface area contributed by atoms with Gasteiger partial charge >= 0.3 is 0 Å². The Bertz CT molecular complexity index is 872. The maximum Gasteiger partial charge on any atom is 0.239 e. The van der Waals surface area contributed by atoms with Gasteiger partial charge in [0.1, 0.15) is 6.54 Å². The second-order valence-electron chi connectivity index (χ2n) is 6.08. The van der Waals surface area contributed by atoms with Crippen LogP contribution >= 0.6 is 11.8 Å². The van der Waals surface area contributed by atoms with Crippen LogP contribution in [0.2, 0.25) is 0 Å². The molecular weight excluding hydrogens is 328 g/mol. The second kappa shape index (κ2) is 8.26. The highest BCUT2D eigenvalue weighted by atomic mass is 32.2. The molecular formula is C21H26N2OS. The lowest BCUT2D eigenvalue weighted by molar-refractivity contribution is -0.121. The lowest BCUT2D eigenvalue weighted by Gasteiger charge is -2.08. The molecule has 3 nitrogen and oxygen atoms in total. The van der Waals surface area contributed by atoms with Crippen molar-refractivity contribution in [3.05, 3.63) is 64.7 Å². The number of aromatic nitrogens is 1. The maximum atomic E-state index is 12.0. The largest absolute Gasteiger partial charge is 0.358 e. The fourth-order valence-electron chi connectivity index (χ4n) is 2.67. The molecule has 0 fully saturated rings. The molecule has 0 radical (unpaired) electrons. The van der Waals surface area contributed by atoms with Crippen molar-refractivity contribution >= 4 is 28.6 Å². The smallest absolute Gasteiger partial charge is 0.239 e. The zero-order valence-corrected chi connectivity index (χ0v) is 16.5. The van der Waals surface area contributed by atoms with Crippen LogP contribution in [0.1, 0.15) is 25.1 Å². The summed E-state index contributed by atoms with van der Waals surface area (Å²) in [7, 11) is 1.67. The van der Waals surface area contributed by atoms with E-state index in [0.29, 0.717) is 6.54 Å². The number of hydrogen-bond donors (Lipinski definition) is 1. The summed E-state index contributed by atoms with van der Waals surface area (Å²) in [6, 6.07) is 6.40. The average molecular weight is 355 g/mol. The summed E-state index contributed by atoms with van der Waals surface area (Å²) in [5.41, 5.74) is 4.57. The lowest BCUT2D eigenvalue weighted by atomic mass is 10.2. The van der Waals surface area contributed by atoms with Gasteiger partial charge in [-0.15, -0.1) is 0 Å². The number of thioether (sulfide) groups is 1. The number of rotatable bonds is 6. The summed E-state index contributed by atoms with van der Waals surface area (Å²) >= 11 is 1.70. The maximum absolute atomic E-state index is 12.0. The molecule has 0 saturated carbocycles. The van der Waals surface area contributed by atoms with Crippen LogP contribution < -0.4 is 5.32 Å². The highest BCUT2D eigenvalue weighted by Gasteiger charge is 2.17. The van der Waals surface area contributed by atoms with Gasteiger partial charge in [-0.25, -0.2) is 0 Å². The van der Waals surface area contributed by atoms with Crippen LogP contribution in [0.15, 0.2) is 58.4 Å². The van der Waals surface area contributed by atoms with Gasteiger partial charge in [0.2, 0.25) is 5.91 Å². The first-order valence-corrected chi connectivity index (χ1v) is 9.17. The molecule has 0 bridgehead atoms. The van der Waals surface area contributed by atoms with Gasteiger partial charge in [-0.05, 0) is 45.4 Å². The van der Waals surface area contributed by atoms with E-state index in [1.54, 1.807) is 18.8 Å². The summed E-state index contributed by atoms with van der Waals surface area (Å²) in [4.78, 5) is 14.2. The Labute approximate surface area is 154 Å². The van der Waals surface area contributed by atoms with Crippen LogP contribution in [0, 0.1) is 13.8 Å². The number of nitrogens with zero attached hydrogens (tertiary/aromatic N) is 1. The first-order valence-electron chi connectivity index (χ1n) is 8.36. The van der Waals surface area contributed by atoms with E-state index < -0.39 is 0 Å². The van der Waals surface area contributed by atoms with Crippen molar-refractivity contribution < 1.29 is 4.79 Å². The van der Waals surface area contributed by atoms with Crippen molar-refractivity contribution in [2.45, 2.75) is 39.1 Å². The number of allylic oxidation sites excluding steroid dienone is 4. The van der Waals surface area contributed by atoms with Crippen molar-refractivity contribution in [3.63, 3.8) is 0 Å². The number of benzene rings is 1. The SMILES string of the molecule is C=C/C(=C\C(C)=C/C)Sc1c(C)n(CC(=O)NC)c2cc(C)ccc12. The molecule has 0 saturated heterocycles. The van der Waals surface area contributed by atoms with Crippen molar-refractivity contribution in [1.29, 1.82) is 0 Å².